The first-order valence-electron chi connectivity index (χ1n) is 14.6. The molecule has 1 unspecified atom stereocenters. The predicted octanol–water partition coefficient (Wildman–Crippen LogP) is 4.19. The van der Waals surface area contributed by atoms with E-state index in [1.807, 2.05) is 43.3 Å². The molecule has 1 atom stereocenters. The van der Waals surface area contributed by atoms with Gasteiger partial charge in [-0.2, -0.15) is 0 Å². The molecule has 0 radical (unpaired) electrons. The molecule has 0 bridgehead atoms. The van der Waals surface area contributed by atoms with E-state index in [0.29, 0.717) is 41.3 Å². The minimum atomic E-state index is -1.11. The zero-order valence-corrected chi connectivity index (χ0v) is 26.6. The van der Waals surface area contributed by atoms with Gasteiger partial charge in [0.25, 0.3) is 11.6 Å². The van der Waals surface area contributed by atoms with Gasteiger partial charge in [0.15, 0.2) is 16.7 Å². The number of amidine groups is 1. The van der Waals surface area contributed by atoms with Crippen LogP contribution >= 0.6 is 11.6 Å². The van der Waals surface area contributed by atoms with E-state index in [9.17, 15) is 24.5 Å². The van der Waals surface area contributed by atoms with Crippen LogP contribution < -0.4 is 11.6 Å². The van der Waals surface area contributed by atoms with Crippen LogP contribution in [0.5, 0.6) is 0 Å². The lowest BCUT2D eigenvalue weighted by molar-refractivity contribution is -0.757. The second kappa shape index (κ2) is 18.1. The summed E-state index contributed by atoms with van der Waals surface area (Å²) in [5.41, 5.74) is 9.08. The van der Waals surface area contributed by atoms with Gasteiger partial charge in [-0.05, 0) is 36.0 Å². The van der Waals surface area contributed by atoms with Gasteiger partial charge in [0.2, 0.25) is 6.29 Å². The highest BCUT2D eigenvalue weighted by Crippen LogP contribution is 2.26. The third kappa shape index (κ3) is 10.7. The fourth-order valence-electron chi connectivity index (χ4n) is 4.38. The Hall–Kier alpha value is -5.22. The molecule has 0 fully saturated rings. The number of aromatic nitrogens is 2. The Bertz CT molecular complexity index is 1560. The Morgan fingerprint density at radius 3 is 2.53 bits per heavy atom. The number of hydrazone groups is 1. The monoisotopic (exact) mass is 673 g/mol. The summed E-state index contributed by atoms with van der Waals surface area (Å²) in [4.78, 5) is 54.6. The lowest BCUT2D eigenvalue weighted by Gasteiger charge is -2.15. The number of carbonyl (C=O) groups is 3. The van der Waals surface area contributed by atoms with Gasteiger partial charge < -0.3 is 29.3 Å². The maximum atomic E-state index is 13.0. The molecule has 0 saturated heterocycles. The molecule has 4 N–H and O–H groups in total. The van der Waals surface area contributed by atoms with Gasteiger partial charge in [0.1, 0.15) is 5.82 Å². The first kappa shape index (κ1) is 36.3. The van der Waals surface area contributed by atoms with Crippen molar-refractivity contribution in [2.45, 2.75) is 58.8 Å². The van der Waals surface area contributed by atoms with Crippen molar-refractivity contribution in [1.29, 1.82) is 0 Å². The standard InChI is InChI=1S/C30H36ClN7O9/c1-3-4-11-25-34-27(31)26(29(40)47-20(2)45-19-39)36(25)18-21-12-14-22(15-13-21)23-9-5-6-10-24(23)28(32)35-37(33)30(41)44-16-7-8-17-46-38(42)43/h5-6,9-10,12-15,19-20H,3-4,7-8,11,16-18,33H2,1-2H3,(H2,32,35). The van der Waals surface area contributed by atoms with Crippen LogP contribution in [0.3, 0.4) is 0 Å². The summed E-state index contributed by atoms with van der Waals surface area (Å²) in [5, 5.41) is 13.7. The first-order valence-corrected chi connectivity index (χ1v) is 15.0. The fourth-order valence-corrected chi connectivity index (χ4v) is 4.66. The maximum Gasteiger partial charge on any atom is 0.445 e. The number of esters is 1. The third-order valence-corrected chi connectivity index (χ3v) is 6.91. The van der Waals surface area contributed by atoms with E-state index in [1.165, 1.54) is 6.92 Å². The Kier molecular flexibility index (Phi) is 13.9. The van der Waals surface area contributed by atoms with Gasteiger partial charge in [-0.1, -0.05) is 73.5 Å². The molecule has 3 aromatic rings. The van der Waals surface area contributed by atoms with Crippen LogP contribution in [-0.4, -0.2) is 63.6 Å². The Morgan fingerprint density at radius 1 is 1.15 bits per heavy atom. The number of imidazole rings is 1. The number of benzene rings is 2. The van der Waals surface area contributed by atoms with E-state index in [2.05, 4.69) is 19.7 Å². The lowest BCUT2D eigenvalue weighted by Crippen LogP contribution is -2.36. The number of hydrogen-bond acceptors (Lipinski definition) is 12. The molecule has 1 amide bonds. The number of rotatable bonds is 18. The molecule has 0 aliphatic heterocycles. The van der Waals surface area contributed by atoms with Crippen molar-refractivity contribution in [1.82, 2.24) is 14.7 Å². The highest BCUT2D eigenvalue weighted by atomic mass is 35.5. The summed E-state index contributed by atoms with van der Waals surface area (Å²) in [6, 6.07) is 14.6. The zero-order valence-electron chi connectivity index (χ0n) is 25.9. The molecule has 252 valence electrons. The molecule has 1 aromatic heterocycles. The van der Waals surface area contributed by atoms with E-state index in [4.69, 9.17) is 32.7 Å². The fraction of sp³-hybridized carbons (Fsp3) is 0.367. The molecule has 1 heterocycles. The molecule has 0 spiro atoms. The van der Waals surface area contributed by atoms with Crippen molar-refractivity contribution in [3.63, 3.8) is 0 Å². The van der Waals surface area contributed by atoms with Crippen LogP contribution in [0.2, 0.25) is 5.15 Å². The molecule has 17 heteroatoms. The highest BCUT2D eigenvalue weighted by Gasteiger charge is 2.25. The number of aryl methyl sites for hydroxylation is 1. The van der Waals surface area contributed by atoms with Gasteiger partial charge in [-0.15, -0.1) is 20.3 Å². The second-order valence-corrected chi connectivity index (χ2v) is 10.4. The summed E-state index contributed by atoms with van der Waals surface area (Å²) in [6.45, 7) is 3.73. The summed E-state index contributed by atoms with van der Waals surface area (Å²) >= 11 is 6.38. The van der Waals surface area contributed by atoms with Crippen molar-refractivity contribution in [2.24, 2.45) is 16.7 Å². The number of ether oxygens (including phenoxy) is 3. The van der Waals surface area contributed by atoms with Crippen LogP contribution in [0.1, 0.15) is 67.0 Å². The Balaban J connectivity index is 1.77. The van der Waals surface area contributed by atoms with Crippen molar-refractivity contribution < 1.29 is 38.5 Å². The first-order chi connectivity index (χ1) is 22.5. The van der Waals surface area contributed by atoms with Crippen molar-refractivity contribution in [2.75, 3.05) is 13.2 Å². The van der Waals surface area contributed by atoms with Crippen LogP contribution in [0.25, 0.3) is 11.1 Å². The molecule has 0 saturated carbocycles. The van der Waals surface area contributed by atoms with E-state index in [0.717, 1.165) is 24.0 Å². The van der Waals surface area contributed by atoms with Crippen LogP contribution in [0.15, 0.2) is 53.6 Å². The van der Waals surface area contributed by atoms with Gasteiger partial charge >= 0.3 is 12.1 Å². The molecule has 0 aliphatic rings. The Morgan fingerprint density at radius 2 is 1.85 bits per heavy atom. The van der Waals surface area contributed by atoms with Gasteiger partial charge in [0, 0.05) is 25.5 Å². The maximum absolute atomic E-state index is 13.0. The predicted molar refractivity (Wildman–Crippen MR) is 169 cm³/mol. The van der Waals surface area contributed by atoms with Crippen molar-refractivity contribution in [3.8, 4) is 11.1 Å². The normalized spacial score (nSPS) is 11.8. The smallest absolute Gasteiger partial charge is 0.445 e. The van der Waals surface area contributed by atoms with Crippen LogP contribution in [0.4, 0.5) is 4.79 Å². The molecule has 16 nitrogen and oxygen atoms in total. The van der Waals surface area contributed by atoms with Crippen molar-refractivity contribution in [3.05, 3.63) is 86.4 Å². The largest absolute Gasteiger partial charge is 0.447 e. The van der Waals surface area contributed by atoms with E-state index in [-0.39, 0.29) is 42.9 Å². The van der Waals surface area contributed by atoms with E-state index in [1.54, 1.807) is 16.7 Å². The summed E-state index contributed by atoms with van der Waals surface area (Å²) < 4.78 is 16.6. The molecular formula is C30H36ClN7O9. The summed E-state index contributed by atoms with van der Waals surface area (Å²) in [7, 11) is 0. The van der Waals surface area contributed by atoms with E-state index >= 15 is 0 Å². The minimum Gasteiger partial charge on any atom is -0.447 e. The van der Waals surface area contributed by atoms with Crippen LogP contribution in [-0.2, 0) is 36.8 Å². The number of nitrogens with two attached hydrogens (primary N) is 2. The number of amides is 1. The number of hydrogen-bond donors (Lipinski definition) is 2. The van der Waals surface area contributed by atoms with Gasteiger partial charge in [0.05, 0.1) is 13.2 Å². The summed E-state index contributed by atoms with van der Waals surface area (Å²) in [5.74, 6) is 5.53. The van der Waals surface area contributed by atoms with E-state index < -0.39 is 23.4 Å². The van der Waals surface area contributed by atoms with Gasteiger partial charge in [-0.3, -0.25) is 4.79 Å². The summed E-state index contributed by atoms with van der Waals surface area (Å²) in [6.07, 6.45) is 0.861. The number of hydrazine groups is 1. The average molecular weight is 674 g/mol. The number of carbonyl (C=O) groups excluding carboxylic acids is 3. The van der Waals surface area contributed by atoms with Gasteiger partial charge in [-0.25, -0.2) is 20.4 Å². The molecule has 2 aromatic carbocycles. The molecule has 47 heavy (non-hydrogen) atoms. The van der Waals surface area contributed by atoms with Crippen LogP contribution in [0, 0.1) is 10.1 Å². The SMILES string of the molecule is CCCCc1nc(Cl)c(C(=O)OC(C)OC=O)n1Cc1ccc(-c2ccccc2/C(N)=N/N(N)C(=O)OCCCCO[N+](=O)[O-])cc1. The highest BCUT2D eigenvalue weighted by molar-refractivity contribution is 6.32. The minimum absolute atomic E-state index is 0.0140. The topological polar surface area (TPSA) is 217 Å². The average Bonchev–Trinajstić information content (AvgIpc) is 3.35. The molecule has 0 aliphatic carbocycles. The number of unbranched alkanes of at least 4 members (excludes halogenated alkanes) is 2. The lowest BCUT2D eigenvalue weighted by atomic mass is 9.98. The Labute approximate surface area is 275 Å². The zero-order chi connectivity index (χ0) is 34.3. The molecule has 3 rings (SSSR count). The molecular weight excluding hydrogens is 638 g/mol. The second-order valence-electron chi connectivity index (χ2n) is 10.0. The number of nitrogens with zero attached hydrogens (tertiary/aromatic N) is 5. The number of halogens is 1. The van der Waals surface area contributed by atoms with Crippen molar-refractivity contribution >= 4 is 36.0 Å². The quantitative estimate of drug-likeness (QED) is 0.0186. The third-order valence-electron chi connectivity index (χ3n) is 6.64.